The molecule has 0 aliphatic carbocycles. The van der Waals surface area contributed by atoms with E-state index < -0.39 is 5.97 Å². The van der Waals surface area contributed by atoms with Crippen LogP contribution < -0.4 is 0 Å². The Morgan fingerprint density at radius 1 is 1.33 bits per heavy atom. The van der Waals surface area contributed by atoms with E-state index in [0.29, 0.717) is 13.0 Å². The van der Waals surface area contributed by atoms with Gasteiger partial charge in [-0.3, -0.25) is 9.48 Å². The molecule has 4 heteroatoms. The molecule has 1 atom stereocenters. The topological polar surface area (TPSA) is 55.1 Å². The van der Waals surface area contributed by atoms with Crippen LogP contribution in [-0.4, -0.2) is 20.9 Å². The molecule has 0 aliphatic heterocycles. The Labute approximate surface area is 106 Å². The molecule has 0 bridgehead atoms. The van der Waals surface area contributed by atoms with Crippen LogP contribution in [0.2, 0.25) is 0 Å². The number of nitrogens with zero attached hydrogens (tertiary/aromatic N) is 2. The first-order valence-electron chi connectivity index (χ1n) is 5.93. The van der Waals surface area contributed by atoms with Crippen molar-refractivity contribution in [2.75, 3.05) is 0 Å². The Kier molecular flexibility index (Phi) is 3.77. The van der Waals surface area contributed by atoms with E-state index in [4.69, 9.17) is 5.11 Å². The van der Waals surface area contributed by atoms with Gasteiger partial charge in [0.15, 0.2) is 0 Å². The van der Waals surface area contributed by atoms with Gasteiger partial charge in [-0.2, -0.15) is 5.10 Å². The molecular formula is C14H16N2O2. The summed E-state index contributed by atoms with van der Waals surface area (Å²) in [5, 5.41) is 13.1. The zero-order valence-corrected chi connectivity index (χ0v) is 10.3. The molecule has 1 N–H and O–H groups in total. The molecule has 94 valence electrons. The summed E-state index contributed by atoms with van der Waals surface area (Å²) in [6.07, 6.45) is 4.17. The van der Waals surface area contributed by atoms with Crippen LogP contribution in [0.15, 0.2) is 42.7 Å². The predicted octanol–water partition coefficient (Wildman–Crippen LogP) is 2.19. The number of hydrogen-bond donors (Lipinski definition) is 1. The Hall–Kier alpha value is -2.10. The van der Waals surface area contributed by atoms with E-state index in [1.165, 1.54) is 5.56 Å². The van der Waals surface area contributed by atoms with Gasteiger partial charge in [-0.1, -0.05) is 37.3 Å². The normalized spacial score (nSPS) is 12.3. The molecule has 0 fully saturated rings. The molecule has 0 saturated carbocycles. The van der Waals surface area contributed by atoms with Crippen molar-refractivity contribution in [3.63, 3.8) is 0 Å². The summed E-state index contributed by atoms with van der Waals surface area (Å²) < 4.78 is 1.83. The van der Waals surface area contributed by atoms with Gasteiger partial charge in [0.1, 0.15) is 0 Å². The minimum atomic E-state index is -0.772. The van der Waals surface area contributed by atoms with Gasteiger partial charge in [-0.25, -0.2) is 0 Å². The number of aliphatic carboxylic acids is 1. The average Bonchev–Trinajstić information content (AvgIpc) is 2.77. The highest BCUT2D eigenvalue weighted by atomic mass is 16.4. The summed E-state index contributed by atoms with van der Waals surface area (Å²) in [5.74, 6) is -1.15. The van der Waals surface area contributed by atoms with Crippen molar-refractivity contribution in [2.45, 2.75) is 19.9 Å². The van der Waals surface area contributed by atoms with Crippen molar-refractivity contribution in [3.8, 4) is 0 Å². The fourth-order valence-corrected chi connectivity index (χ4v) is 1.81. The molecule has 1 unspecified atom stereocenters. The van der Waals surface area contributed by atoms with Gasteiger partial charge in [0.05, 0.1) is 18.7 Å². The van der Waals surface area contributed by atoms with Crippen LogP contribution in [0.25, 0.3) is 0 Å². The Morgan fingerprint density at radius 2 is 2.06 bits per heavy atom. The van der Waals surface area contributed by atoms with Crippen LogP contribution in [0.5, 0.6) is 0 Å². The van der Waals surface area contributed by atoms with Crippen molar-refractivity contribution >= 4 is 5.97 Å². The first kappa shape index (κ1) is 12.4. The first-order valence-corrected chi connectivity index (χ1v) is 5.93. The fourth-order valence-electron chi connectivity index (χ4n) is 1.81. The van der Waals surface area contributed by atoms with Crippen LogP contribution in [0, 0.1) is 5.92 Å². The second kappa shape index (κ2) is 5.49. The lowest BCUT2D eigenvalue weighted by atomic mass is 10.0. The Balaban J connectivity index is 2.00. The fraction of sp³-hybridized carbons (Fsp3) is 0.286. The first-order chi connectivity index (χ1) is 8.65. The number of carboxylic acids is 1. The van der Waals surface area contributed by atoms with Gasteiger partial charge in [-0.05, 0) is 17.5 Å². The van der Waals surface area contributed by atoms with Gasteiger partial charge < -0.3 is 5.11 Å². The largest absolute Gasteiger partial charge is 0.481 e. The summed E-state index contributed by atoms with van der Waals surface area (Å²) in [7, 11) is 0. The van der Waals surface area contributed by atoms with E-state index in [2.05, 4.69) is 5.10 Å². The highest BCUT2D eigenvalue weighted by Crippen LogP contribution is 2.09. The van der Waals surface area contributed by atoms with Crippen LogP contribution >= 0.6 is 0 Å². The van der Waals surface area contributed by atoms with E-state index in [0.717, 1.165) is 5.56 Å². The maximum Gasteiger partial charge on any atom is 0.306 e. The van der Waals surface area contributed by atoms with E-state index >= 15 is 0 Å². The van der Waals surface area contributed by atoms with Crippen molar-refractivity contribution in [1.29, 1.82) is 0 Å². The van der Waals surface area contributed by atoms with Crippen molar-refractivity contribution in [2.24, 2.45) is 5.92 Å². The molecule has 1 aromatic carbocycles. The molecule has 1 aromatic heterocycles. The number of aromatic nitrogens is 2. The molecule has 0 radical (unpaired) electrons. The third-order valence-corrected chi connectivity index (χ3v) is 2.84. The maximum absolute atomic E-state index is 10.8. The standard InChI is InChI=1S/C14H16N2O2/c1-11(14(17)18)7-13-8-15-16(10-13)9-12-5-3-2-4-6-12/h2-6,8,10-11H,7,9H2,1H3,(H,17,18). The monoisotopic (exact) mass is 244 g/mol. The molecule has 0 amide bonds. The SMILES string of the molecule is CC(Cc1cnn(Cc2ccccc2)c1)C(=O)O. The van der Waals surface area contributed by atoms with Crippen LogP contribution in [0.3, 0.4) is 0 Å². The highest BCUT2D eigenvalue weighted by Gasteiger charge is 2.12. The summed E-state index contributed by atoms with van der Waals surface area (Å²) in [5.41, 5.74) is 2.14. The van der Waals surface area contributed by atoms with Crippen molar-refractivity contribution < 1.29 is 9.90 Å². The van der Waals surface area contributed by atoms with E-state index in [-0.39, 0.29) is 5.92 Å². The summed E-state index contributed by atoms with van der Waals surface area (Å²) in [6, 6.07) is 10.0. The highest BCUT2D eigenvalue weighted by molar-refractivity contribution is 5.69. The van der Waals surface area contributed by atoms with Crippen molar-refractivity contribution in [3.05, 3.63) is 53.9 Å². The zero-order chi connectivity index (χ0) is 13.0. The smallest absolute Gasteiger partial charge is 0.306 e. The molecule has 4 nitrogen and oxygen atoms in total. The third-order valence-electron chi connectivity index (χ3n) is 2.84. The van der Waals surface area contributed by atoms with Crippen LogP contribution in [-0.2, 0) is 17.8 Å². The van der Waals surface area contributed by atoms with Crippen LogP contribution in [0.4, 0.5) is 0 Å². The lowest BCUT2D eigenvalue weighted by Crippen LogP contribution is -2.11. The van der Waals surface area contributed by atoms with E-state index in [9.17, 15) is 4.79 Å². The number of carbonyl (C=O) groups is 1. The number of carboxylic acid groups (broad SMARTS) is 1. The number of hydrogen-bond acceptors (Lipinski definition) is 2. The molecular weight excluding hydrogens is 228 g/mol. The average molecular weight is 244 g/mol. The molecule has 2 aromatic rings. The van der Waals surface area contributed by atoms with Gasteiger partial charge in [-0.15, -0.1) is 0 Å². The minimum Gasteiger partial charge on any atom is -0.481 e. The molecule has 1 heterocycles. The predicted molar refractivity (Wildman–Crippen MR) is 68.3 cm³/mol. The van der Waals surface area contributed by atoms with E-state index in [1.54, 1.807) is 13.1 Å². The second-order valence-corrected chi connectivity index (χ2v) is 4.48. The Bertz CT molecular complexity index is 520. The zero-order valence-electron chi connectivity index (χ0n) is 10.3. The summed E-state index contributed by atoms with van der Waals surface area (Å²) in [4.78, 5) is 10.8. The number of rotatable bonds is 5. The van der Waals surface area contributed by atoms with Gasteiger partial charge in [0.25, 0.3) is 0 Å². The molecule has 2 rings (SSSR count). The van der Waals surface area contributed by atoms with Gasteiger partial charge >= 0.3 is 5.97 Å². The molecule has 0 aliphatic rings. The lowest BCUT2D eigenvalue weighted by Gasteiger charge is -2.03. The van der Waals surface area contributed by atoms with Crippen molar-refractivity contribution in [1.82, 2.24) is 9.78 Å². The lowest BCUT2D eigenvalue weighted by molar-refractivity contribution is -0.141. The van der Waals surface area contributed by atoms with Gasteiger partial charge in [0, 0.05) is 6.20 Å². The Morgan fingerprint density at radius 3 is 2.72 bits per heavy atom. The number of benzene rings is 1. The molecule has 0 saturated heterocycles. The quantitative estimate of drug-likeness (QED) is 0.877. The summed E-state index contributed by atoms with van der Waals surface area (Å²) >= 11 is 0. The second-order valence-electron chi connectivity index (χ2n) is 4.48. The van der Waals surface area contributed by atoms with Gasteiger partial charge in [0.2, 0.25) is 0 Å². The minimum absolute atomic E-state index is 0.376. The molecule has 18 heavy (non-hydrogen) atoms. The van der Waals surface area contributed by atoms with Crippen LogP contribution in [0.1, 0.15) is 18.1 Å². The summed E-state index contributed by atoms with van der Waals surface area (Å²) in [6.45, 7) is 2.42. The maximum atomic E-state index is 10.8. The third kappa shape index (κ3) is 3.20. The van der Waals surface area contributed by atoms with E-state index in [1.807, 2.05) is 41.2 Å². The molecule has 0 spiro atoms.